The quantitative estimate of drug-likeness (QED) is 0.623. The molecule has 0 fully saturated rings. The van der Waals surface area contributed by atoms with Crippen LogP contribution in [0.3, 0.4) is 0 Å². The van der Waals surface area contributed by atoms with Gasteiger partial charge in [-0.25, -0.2) is 0 Å². The number of nitrogens with one attached hydrogen (secondary N) is 2. The van der Waals surface area contributed by atoms with Crippen LogP contribution in [0.4, 0.5) is 11.4 Å². The Balaban J connectivity index is 1.74. The van der Waals surface area contributed by atoms with Gasteiger partial charge in [0.1, 0.15) is 0 Å². The van der Waals surface area contributed by atoms with Gasteiger partial charge in [-0.2, -0.15) is 0 Å². The largest absolute Gasteiger partial charge is 0.322 e. The molecule has 0 aromatic heterocycles. The smallest absolute Gasteiger partial charge is 0.255 e. The molecule has 0 radical (unpaired) electrons. The van der Waals surface area contributed by atoms with Crippen molar-refractivity contribution in [3.63, 3.8) is 0 Å². The molecule has 0 heterocycles. The average molecular weight is 385 g/mol. The fourth-order valence-electron chi connectivity index (χ4n) is 2.32. The van der Waals surface area contributed by atoms with Crippen molar-refractivity contribution in [1.29, 1.82) is 0 Å². The van der Waals surface area contributed by atoms with E-state index in [9.17, 15) is 9.59 Å². The Bertz CT molecular complexity index is 959. The molecule has 0 aliphatic carbocycles. The fraction of sp³-hybridized carbons (Fsp3) is 0. The minimum absolute atomic E-state index is 0.246. The zero-order chi connectivity index (χ0) is 18.5. The number of hydrogen-bond donors (Lipinski definition) is 2. The van der Waals surface area contributed by atoms with Crippen LogP contribution in [0.25, 0.3) is 0 Å². The first-order valence-electron chi connectivity index (χ1n) is 7.76. The Morgan fingerprint density at radius 1 is 0.692 bits per heavy atom. The van der Waals surface area contributed by atoms with Gasteiger partial charge in [0.25, 0.3) is 11.8 Å². The molecule has 0 aliphatic rings. The highest BCUT2D eigenvalue weighted by atomic mass is 35.5. The van der Waals surface area contributed by atoms with E-state index < -0.39 is 0 Å². The van der Waals surface area contributed by atoms with Crippen LogP contribution in [-0.2, 0) is 0 Å². The lowest BCUT2D eigenvalue weighted by Crippen LogP contribution is -2.14. The molecule has 3 aromatic rings. The Morgan fingerprint density at radius 2 is 1.38 bits per heavy atom. The molecule has 3 aromatic carbocycles. The van der Waals surface area contributed by atoms with Crippen LogP contribution >= 0.6 is 23.2 Å². The maximum Gasteiger partial charge on any atom is 0.255 e. The number of carbonyl (C=O) groups excluding carboxylic acids is 2. The molecule has 26 heavy (non-hydrogen) atoms. The minimum atomic E-state index is -0.343. The molecule has 4 nitrogen and oxygen atoms in total. The third-order valence-corrected chi connectivity index (χ3v) is 4.15. The first-order chi connectivity index (χ1) is 12.5. The van der Waals surface area contributed by atoms with Crippen molar-refractivity contribution >= 4 is 46.4 Å². The van der Waals surface area contributed by atoms with E-state index in [1.54, 1.807) is 66.7 Å². The van der Waals surface area contributed by atoms with Crippen molar-refractivity contribution in [2.24, 2.45) is 0 Å². The Kier molecular flexibility index (Phi) is 5.56. The summed E-state index contributed by atoms with van der Waals surface area (Å²) in [6, 6.07) is 20.3. The van der Waals surface area contributed by atoms with Crippen molar-refractivity contribution in [2.45, 2.75) is 0 Å². The third kappa shape index (κ3) is 4.42. The maximum atomic E-state index is 12.4. The van der Waals surface area contributed by atoms with Crippen LogP contribution in [0, 0.1) is 0 Å². The zero-order valence-corrected chi connectivity index (χ0v) is 15.0. The highest BCUT2D eigenvalue weighted by molar-refractivity contribution is 6.36. The summed E-state index contributed by atoms with van der Waals surface area (Å²) in [6.45, 7) is 0. The predicted molar refractivity (Wildman–Crippen MR) is 105 cm³/mol. The van der Waals surface area contributed by atoms with Crippen molar-refractivity contribution < 1.29 is 9.59 Å². The predicted octanol–water partition coefficient (Wildman–Crippen LogP) is 5.50. The first kappa shape index (κ1) is 18.0. The lowest BCUT2D eigenvalue weighted by atomic mass is 10.1. The summed E-state index contributed by atoms with van der Waals surface area (Å²) >= 11 is 11.9. The third-order valence-electron chi connectivity index (χ3n) is 3.60. The summed E-state index contributed by atoms with van der Waals surface area (Å²) in [6.07, 6.45) is 0. The number of halogens is 2. The van der Waals surface area contributed by atoms with Gasteiger partial charge in [0.15, 0.2) is 0 Å². The van der Waals surface area contributed by atoms with Gasteiger partial charge >= 0.3 is 0 Å². The van der Waals surface area contributed by atoms with Gasteiger partial charge in [-0.15, -0.1) is 0 Å². The number of benzene rings is 3. The molecule has 0 atom stereocenters. The highest BCUT2D eigenvalue weighted by Crippen LogP contribution is 2.26. The summed E-state index contributed by atoms with van der Waals surface area (Å²) in [5.41, 5.74) is 1.91. The van der Waals surface area contributed by atoms with Crippen molar-refractivity contribution in [2.75, 3.05) is 10.6 Å². The van der Waals surface area contributed by atoms with Crippen LogP contribution in [-0.4, -0.2) is 11.8 Å². The van der Waals surface area contributed by atoms with Crippen LogP contribution < -0.4 is 10.6 Å². The van der Waals surface area contributed by atoms with Crippen molar-refractivity contribution in [3.8, 4) is 0 Å². The van der Waals surface area contributed by atoms with Gasteiger partial charge in [0.2, 0.25) is 0 Å². The van der Waals surface area contributed by atoms with Crippen LogP contribution in [0.15, 0.2) is 72.8 Å². The van der Waals surface area contributed by atoms with E-state index >= 15 is 0 Å². The summed E-state index contributed by atoms with van der Waals surface area (Å²) in [4.78, 5) is 24.7. The zero-order valence-electron chi connectivity index (χ0n) is 13.5. The Morgan fingerprint density at radius 3 is 2.12 bits per heavy atom. The molecule has 0 aliphatic heterocycles. The molecular formula is C20H14Cl2N2O2. The van der Waals surface area contributed by atoms with Gasteiger partial charge in [0.05, 0.1) is 10.7 Å². The topological polar surface area (TPSA) is 58.2 Å². The van der Waals surface area contributed by atoms with E-state index in [1.165, 1.54) is 0 Å². The SMILES string of the molecule is O=C(Nc1cccc(C(=O)Nc2ccc(Cl)cc2Cl)c1)c1ccccc1. The maximum absolute atomic E-state index is 12.4. The summed E-state index contributed by atoms with van der Waals surface area (Å²) < 4.78 is 0. The molecule has 6 heteroatoms. The van der Waals surface area contributed by atoms with E-state index in [1.807, 2.05) is 6.07 Å². The summed E-state index contributed by atoms with van der Waals surface area (Å²) in [7, 11) is 0. The number of carbonyl (C=O) groups is 2. The second-order valence-corrected chi connectivity index (χ2v) is 6.32. The first-order valence-corrected chi connectivity index (χ1v) is 8.51. The second kappa shape index (κ2) is 8.04. The molecule has 2 amide bonds. The molecule has 0 saturated heterocycles. The average Bonchev–Trinajstić information content (AvgIpc) is 2.65. The number of hydrogen-bond acceptors (Lipinski definition) is 2. The monoisotopic (exact) mass is 384 g/mol. The normalized spacial score (nSPS) is 10.2. The molecule has 0 saturated carbocycles. The number of rotatable bonds is 4. The van der Waals surface area contributed by atoms with Crippen LogP contribution in [0.2, 0.25) is 10.0 Å². The number of amides is 2. The van der Waals surface area contributed by atoms with E-state index in [0.29, 0.717) is 32.5 Å². The van der Waals surface area contributed by atoms with E-state index in [-0.39, 0.29) is 11.8 Å². The van der Waals surface area contributed by atoms with E-state index in [4.69, 9.17) is 23.2 Å². The van der Waals surface area contributed by atoms with Gasteiger partial charge in [0, 0.05) is 21.8 Å². The van der Waals surface area contributed by atoms with Crippen molar-refractivity contribution in [1.82, 2.24) is 0 Å². The second-order valence-electron chi connectivity index (χ2n) is 5.48. The van der Waals surface area contributed by atoms with Gasteiger partial charge in [-0.3, -0.25) is 9.59 Å². The highest BCUT2D eigenvalue weighted by Gasteiger charge is 2.11. The minimum Gasteiger partial charge on any atom is -0.322 e. The van der Waals surface area contributed by atoms with E-state index in [2.05, 4.69) is 10.6 Å². The Hall–Kier alpha value is -2.82. The number of anilines is 2. The van der Waals surface area contributed by atoms with E-state index in [0.717, 1.165) is 0 Å². The molecule has 0 bridgehead atoms. The summed E-state index contributed by atoms with van der Waals surface area (Å²) in [5.74, 6) is -0.589. The van der Waals surface area contributed by atoms with Crippen LogP contribution in [0.1, 0.15) is 20.7 Å². The Labute approximate surface area is 160 Å². The van der Waals surface area contributed by atoms with Gasteiger partial charge in [-0.1, -0.05) is 47.5 Å². The molecule has 3 rings (SSSR count). The van der Waals surface area contributed by atoms with Crippen molar-refractivity contribution in [3.05, 3.63) is 94.0 Å². The lowest BCUT2D eigenvalue weighted by Gasteiger charge is -2.10. The lowest BCUT2D eigenvalue weighted by molar-refractivity contribution is 0.101. The molecule has 2 N–H and O–H groups in total. The van der Waals surface area contributed by atoms with Gasteiger partial charge < -0.3 is 10.6 Å². The molecule has 0 unspecified atom stereocenters. The van der Waals surface area contributed by atoms with Crippen LogP contribution in [0.5, 0.6) is 0 Å². The fourth-order valence-corrected chi connectivity index (χ4v) is 2.77. The standard InChI is InChI=1S/C20H14Cl2N2O2/c21-15-9-10-18(17(22)12-15)24-20(26)14-7-4-8-16(11-14)23-19(25)13-5-2-1-3-6-13/h1-12H,(H,23,25)(H,24,26). The molecule has 0 spiro atoms. The van der Waals surface area contributed by atoms with Gasteiger partial charge in [-0.05, 0) is 48.5 Å². The molecule has 130 valence electrons. The molecular weight excluding hydrogens is 371 g/mol. The summed E-state index contributed by atoms with van der Waals surface area (Å²) in [5, 5.41) is 6.33.